The third-order valence-corrected chi connectivity index (χ3v) is 7.65. The molecule has 0 saturated carbocycles. The molecule has 1 rings (SSSR count). The summed E-state index contributed by atoms with van der Waals surface area (Å²) in [4.78, 5) is 16.8. The van der Waals surface area contributed by atoms with E-state index in [2.05, 4.69) is 0 Å². The van der Waals surface area contributed by atoms with Gasteiger partial charge >= 0.3 is 16.3 Å². The van der Waals surface area contributed by atoms with Crippen LogP contribution in [-0.2, 0) is 21.0 Å². The molecule has 202 valence electrons. The zero-order valence-electron chi connectivity index (χ0n) is 23.8. The Labute approximate surface area is 214 Å². The van der Waals surface area contributed by atoms with Gasteiger partial charge in [0.1, 0.15) is 0 Å². The van der Waals surface area contributed by atoms with Crippen molar-refractivity contribution >= 4 is 22.0 Å². The smallest absolute Gasteiger partial charge is 0.426 e. The summed E-state index contributed by atoms with van der Waals surface area (Å²) in [5.41, 5.74) is 1.70. The SMILES string of the molecule is Cc1cc(C(C)(C)C)c(N(C(=O)O)S(=O)(=O)N(CCCN(C)C)CCCN(C)C)c(C(C)(C)C)c1. The van der Waals surface area contributed by atoms with Crippen LogP contribution in [0.4, 0.5) is 10.5 Å². The van der Waals surface area contributed by atoms with Gasteiger partial charge in [0.2, 0.25) is 0 Å². The first kappa shape index (κ1) is 31.4. The molecule has 1 aromatic rings. The number of hydrogen-bond donors (Lipinski definition) is 1. The molecular weight excluding hydrogens is 464 g/mol. The Bertz CT molecular complexity index is 912. The Morgan fingerprint density at radius 2 is 1.17 bits per heavy atom. The molecule has 0 aliphatic carbocycles. The second-order valence-electron chi connectivity index (χ2n) is 12.0. The van der Waals surface area contributed by atoms with Gasteiger partial charge in [-0.1, -0.05) is 59.2 Å². The van der Waals surface area contributed by atoms with Crippen molar-refractivity contribution in [2.45, 2.75) is 72.1 Å². The Morgan fingerprint density at radius 1 is 0.800 bits per heavy atom. The van der Waals surface area contributed by atoms with Crippen molar-refractivity contribution in [3.63, 3.8) is 0 Å². The second-order valence-corrected chi connectivity index (χ2v) is 13.8. The highest BCUT2D eigenvalue weighted by Crippen LogP contribution is 2.42. The molecule has 0 saturated heterocycles. The lowest BCUT2D eigenvalue weighted by Crippen LogP contribution is -2.49. The fourth-order valence-electron chi connectivity index (χ4n) is 4.04. The molecule has 8 nitrogen and oxygen atoms in total. The van der Waals surface area contributed by atoms with Crippen LogP contribution < -0.4 is 4.31 Å². The van der Waals surface area contributed by atoms with Crippen molar-refractivity contribution in [3.05, 3.63) is 28.8 Å². The van der Waals surface area contributed by atoms with Crippen molar-refractivity contribution in [3.8, 4) is 0 Å². The Morgan fingerprint density at radius 3 is 1.46 bits per heavy atom. The third kappa shape index (κ3) is 8.74. The topological polar surface area (TPSA) is 84.4 Å². The lowest BCUT2D eigenvalue weighted by Gasteiger charge is -2.36. The van der Waals surface area contributed by atoms with Gasteiger partial charge < -0.3 is 14.9 Å². The lowest BCUT2D eigenvalue weighted by molar-refractivity contribution is 0.205. The molecule has 0 bridgehead atoms. The number of hydrogen-bond acceptors (Lipinski definition) is 5. The van der Waals surface area contributed by atoms with Crippen molar-refractivity contribution in [2.75, 3.05) is 58.7 Å². The van der Waals surface area contributed by atoms with Crippen LogP contribution in [0.2, 0.25) is 0 Å². The van der Waals surface area contributed by atoms with Crippen LogP contribution in [-0.4, -0.2) is 88.1 Å². The monoisotopic (exact) mass is 512 g/mol. The van der Waals surface area contributed by atoms with Gasteiger partial charge in [-0.2, -0.15) is 17.0 Å². The first-order valence-electron chi connectivity index (χ1n) is 12.3. The minimum absolute atomic E-state index is 0.249. The molecule has 0 unspecified atom stereocenters. The second kappa shape index (κ2) is 12.0. The molecular formula is C26H48N4O4S. The molecule has 0 aliphatic rings. The average molecular weight is 513 g/mol. The number of carboxylic acid groups (broad SMARTS) is 1. The first-order chi connectivity index (χ1) is 15.8. The van der Waals surface area contributed by atoms with E-state index in [1.54, 1.807) is 0 Å². The molecule has 1 aromatic carbocycles. The van der Waals surface area contributed by atoms with Crippen molar-refractivity contribution in [1.29, 1.82) is 0 Å². The zero-order valence-corrected chi connectivity index (χ0v) is 24.6. The standard InChI is InChI=1S/C26H48N4O4S/c1-20-18-21(25(2,3)4)23(22(19-20)26(5,6)7)30(24(31)32)35(33,34)29(16-12-14-27(8)9)17-13-15-28(10)11/h18-19H,12-17H2,1-11H3,(H,31,32). The largest absolute Gasteiger partial charge is 0.464 e. The number of anilines is 1. The van der Waals surface area contributed by atoms with Crippen LogP contribution in [0.5, 0.6) is 0 Å². The molecule has 0 heterocycles. The highest BCUT2D eigenvalue weighted by atomic mass is 32.2. The van der Waals surface area contributed by atoms with Crippen LogP contribution >= 0.6 is 0 Å². The first-order valence-corrected chi connectivity index (χ1v) is 13.7. The molecule has 1 N–H and O–H groups in total. The Kier molecular flexibility index (Phi) is 10.8. The third-order valence-electron chi connectivity index (χ3n) is 5.83. The van der Waals surface area contributed by atoms with E-state index in [1.165, 1.54) is 4.31 Å². The average Bonchev–Trinajstić information content (AvgIpc) is 2.65. The summed E-state index contributed by atoms with van der Waals surface area (Å²) in [5, 5.41) is 10.4. The summed E-state index contributed by atoms with van der Waals surface area (Å²) in [6.45, 7) is 15.8. The van der Waals surface area contributed by atoms with Crippen molar-refractivity contribution in [2.24, 2.45) is 0 Å². The number of nitrogens with zero attached hydrogens (tertiary/aromatic N) is 4. The maximum atomic E-state index is 14.1. The van der Waals surface area contributed by atoms with E-state index in [0.717, 1.165) is 5.56 Å². The van der Waals surface area contributed by atoms with E-state index in [-0.39, 0.29) is 18.8 Å². The van der Waals surface area contributed by atoms with Crippen molar-refractivity contribution < 1.29 is 18.3 Å². The Balaban J connectivity index is 3.80. The van der Waals surface area contributed by atoms with Crippen molar-refractivity contribution in [1.82, 2.24) is 14.1 Å². The number of rotatable bonds is 11. The summed E-state index contributed by atoms with van der Waals surface area (Å²) < 4.78 is 30.2. The van der Waals surface area contributed by atoms with E-state index < -0.39 is 27.1 Å². The predicted molar refractivity (Wildman–Crippen MR) is 146 cm³/mol. The molecule has 1 amide bonds. The summed E-state index contributed by atoms with van der Waals surface area (Å²) in [7, 11) is 3.39. The number of amides is 1. The van der Waals surface area contributed by atoms with Crippen LogP contribution in [0, 0.1) is 6.92 Å². The van der Waals surface area contributed by atoms with Gasteiger partial charge in [0.15, 0.2) is 0 Å². The minimum Gasteiger partial charge on any atom is -0.464 e. The van der Waals surface area contributed by atoms with E-state index in [9.17, 15) is 18.3 Å². The van der Waals surface area contributed by atoms with Gasteiger partial charge in [-0.25, -0.2) is 4.79 Å². The molecule has 0 aliphatic heterocycles. The fraction of sp³-hybridized carbons (Fsp3) is 0.731. The van der Waals surface area contributed by atoms with Crippen LogP contribution in [0.25, 0.3) is 0 Å². The zero-order chi connectivity index (χ0) is 27.4. The van der Waals surface area contributed by atoms with Crippen LogP contribution in [0.3, 0.4) is 0 Å². The molecule has 0 radical (unpaired) electrons. The van der Waals surface area contributed by atoms with Crippen LogP contribution in [0.1, 0.15) is 71.1 Å². The molecule has 35 heavy (non-hydrogen) atoms. The maximum Gasteiger partial charge on any atom is 0.426 e. The van der Waals surface area contributed by atoms with Gasteiger partial charge in [0, 0.05) is 13.1 Å². The fourth-order valence-corrected chi connectivity index (χ4v) is 5.61. The van der Waals surface area contributed by atoms with Gasteiger partial charge in [0.05, 0.1) is 5.69 Å². The molecule has 0 fully saturated rings. The van der Waals surface area contributed by atoms with Gasteiger partial charge in [-0.05, 0) is 83.0 Å². The van der Waals surface area contributed by atoms with Gasteiger partial charge in [0.25, 0.3) is 0 Å². The number of benzene rings is 1. The highest BCUT2D eigenvalue weighted by molar-refractivity contribution is 7.91. The molecule has 9 heteroatoms. The summed E-state index contributed by atoms with van der Waals surface area (Å²) in [5.74, 6) is 0. The molecule has 0 atom stereocenters. The van der Waals surface area contributed by atoms with Gasteiger partial charge in [-0.3, -0.25) is 0 Å². The summed E-state index contributed by atoms with van der Waals surface area (Å²) in [6, 6.07) is 3.83. The normalized spacial score (nSPS) is 13.2. The van der Waals surface area contributed by atoms with E-state index in [1.807, 2.05) is 98.6 Å². The predicted octanol–water partition coefficient (Wildman–Crippen LogP) is 4.52. The lowest BCUT2D eigenvalue weighted by atomic mass is 9.77. The van der Waals surface area contributed by atoms with Gasteiger partial charge in [-0.15, -0.1) is 0 Å². The summed E-state index contributed by atoms with van der Waals surface area (Å²) in [6.07, 6.45) is -0.281. The highest BCUT2D eigenvalue weighted by Gasteiger charge is 2.40. The quantitative estimate of drug-likeness (QED) is 0.469. The summed E-state index contributed by atoms with van der Waals surface area (Å²) >= 11 is 0. The molecule has 0 spiro atoms. The number of carbonyl (C=O) groups is 1. The van der Waals surface area contributed by atoms with E-state index in [4.69, 9.17) is 0 Å². The van der Waals surface area contributed by atoms with E-state index in [0.29, 0.717) is 41.4 Å². The Hall–Kier alpha value is -1.68. The van der Waals surface area contributed by atoms with E-state index >= 15 is 0 Å². The maximum absolute atomic E-state index is 14.1. The van der Waals surface area contributed by atoms with Crippen LogP contribution in [0.15, 0.2) is 12.1 Å². The minimum atomic E-state index is -4.36. The number of aryl methyl sites for hydroxylation is 1. The molecule has 0 aromatic heterocycles.